The summed E-state index contributed by atoms with van der Waals surface area (Å²) in [6.45, 7) is 17.1. The van der Waals surface area contributed by atoms with Crippen LogP contribution in [-0.4, -0.2) is 0 Å². The van der Waals surface area contributed by atoms with E-state index >= 15 is 0 Å². The predicted octanol–water partition coefficient (Wildman–Crippen LogP) is 6.06. The van der Waals surface area contributed by atoms with Crippen molar-refractivity contribution < 1.29 is 0 Å². The first kappa shape index (κ1) is 15.1. The highest BCUT2D eigenvalue weighted by Crippen LogP contribution is 2.51. The first-order valence-electron chi connectivity index (χ1n) is 7.58. The summed E-state index contributed by atoms with van der Waals surface area (Å²) in [6.07, 6.45) is 8.48. The molecule has 0 heteroatoms. The van der Waals surface area contributed by atoms with Gasteiger partial charge in [-0.2, -0.15) is 0 Å². The van der Waals surface area contributed by atoms with Crippen LogP contribution in [0.15, 0.2) is 0 Å². The zero-order valence-corrected chi connectivity index (χ0v) is 13.3. The lowest BCUT2D eigenvalue weighted by Crippen LogP contribution is -2.36. The van der Waals surface area contributed by atoms with Crippen LogP contribution >= 0.6 is 0 Å². The Labute approximate surface area is 110 Å². The number of hydrogen-bond acceptors (Lipinski definition) is 0. The van der Waals surface area contributed by atoms with Gasteiger partial charge in [0.15, 0.2) is 0 Å². The van der Waals surface area contributed by atoms with Gasteiger partial charge in [-0.1, -0.05) is 61.3 Å². The minimum atomic E-state index is 0.465. The van der Waals surface area contributed by atoms with Gasteiger partial charge in [-0.05, 0) is 47.8 Å². The third-order valence-electron chi connectivity index (χ3n) is 4.93. The third kappa shape index (κ3) is 4.30. The van der Waals surface area contributed by atoms with Crippen molar-refractivity contribution in [2.75, 3.05) is 0 Å². The van der Waals surface area contributed by atoms with Gasteiger partial charge in [-0.25, -0.2) is 0 Å². The monoisotopic (exact) mass is 238 g/mol. The van der Waals surface area contributed by atoms with E-state index in [4.69, 9.17) is 0 Å². The summed E-state index contributed by atoms with van der Waals surface area (Å²) in [5, 5.41) is 0. The van der Waals surface area contributed by atoms with Crippen molar-refractivity contribution in [2.24, 2.45) is 22.2 Å². The lowest BCUT2D eigenvalue weighted by atomic mass is 9.58. The molecule has 0 aliphatic heterocycles. The van der Waals surface area contributed by atoms with Crippen LogP contribution in [0.2, 0.25) is 0 Å². The molecule has 1 rings (SSSR count). The van der Waals surface area contributed by atoms with E-state index in [0.717, 1.165) is 5.92 Å². The molecule has 0 aromatic carbocycles. The van der Waals surface area contributed by atoms with E-state index < -0.39 is 0 Å². The Kier molecular flexibility index (Phi) is 4.37. The lowest BCUT2D eigenvalue weighted by Gasteiger charge is -2.47. The Balaban J connectivity index is 2.78. The summed E-state index contributed by atoms with van der Waals surface area (Å²) < 4.78 is 0. The predicted molar refractivity (Wildman–Crippen MR) is 78.2 cm³/mol. The molecule has 0 amide bonds. The normalized spacial score (nSPS) is 28.8. The molecule has 2 unspecified atom stereocenters. The molecule has 0 nitrogen and oxygen atoms in total. The van der Waals surface area contributed by atoms with Crippen molar-refractivity contribution >= 4 is 0 Å². The fourth-order valence-electron chi connectivity index (χ4n) is 4.06. The molecule has 0 radical (unpaired) electrons. The van der Waals surface area contributed by atoms with Crippen molar-refractivity contribution in [3.8, 4) is 0 Å². The molecule has 1 fully saturated rings. The highest BCUT2D eigenvalue weighted by atomic mass is 14.5. The summed E-state index contributed by atoms with van der Waals surface area (Å²) >= 11 is 0. The summed E-state index contributed by atoms with van der Waals surface area (Å²) in [7, 11) is 0. The molecule has 0 aromatic heterocycles. The van der Waals surface area contributed by atoms with Crippen LogP contribution < -0.4 is 0 Å². The number of hydrogen-bond donors (Lipinski definition) is 0. The molecule has 0 heterocycles. The van der Waals surface area contributed by atoms with Gasteiger partial charge in [0, 0.05) is 0 Å². The van der Waals surface area contributed by atoms with E-state index in [1.54, 1.807) is 0 Å². The van der Waals surface area contributed by atoms with Crippen LogP contribution in [0, 0.1) is 22.2 Å². The fourth-order valence-corrected chi connectivity index (χ4v) is 4.06. The van der Waals surface area contributed by atoms with Crippen LogP contribution in [0.3, 0.4) is 0 Å². The molecule has 1 aliphatic rings. The van der Waals surface area contributed by atoms with Crippen LogP contribution in [0.25, 0.3) is 0 Å². The Morgan fingerprint density at radius 1 is 1.12 bits per heavy atom. The van der Waals surface area contributed by atoms with E-state index in [1.807, 2.05) is 0 Å². The highest BCUT2D eigenvalue weighted by Gasteiger charge is 2.40. The minimum Gasteiger partial charge on any atom is -0.0649 e. The Bertz CT molecular complexity index is 243. The second-order valence-corrected chi connectivity index (χ2v) is 8.70. The van der Waals surface area contributed by atoms with Gasteiger partial charge in [0.05, 0.1) is 0 Å². The van der Waals surface area contributed by atoms with Crippen LogP contribution in [0.5, 0.6) is 0 Å². The van der Waals surface area contributed by atoms with Crippen molar-refractivity contribution in [1.82, 2.24) is 0 Å². The minimum absolute atomic E-state index is 0.465. The van der Waals surface area contributed by atoms with Crippen molar-refractivity contribution in [3.63, 3.8) is 0 Å². The molecule has 0 N–H and O–H groups in total. The Morgan fingerprint density at radius 2 is 1.71 bits per heavy atom. The Hall–Kier alpha value is 0. The second-order valence-electron chi connectivity index (χ2n) is 8.70. The van der Waals surface area contributed by atoms with Crippen molar-refractivity contribution in [2.45, 2.75) is 87.0 Å². The maximum atomic E-state index is 2.55. The van der Waals surface area contributed by atoms with Crippen LogP contribution in [-0.2, 0) is 0 Å². The molecule has 2 atom stereocenters. The third-order valence-corrected chi connectivity index (χ3v) is 4.93. The Morgan fingerprint density at radius 3 is 2.12 bits per heavy atom. The van der Waals surface area contributed by atoms with Crippen molar-refractivity contribution in [3.05, 3.63) is 0 Å². The highest BCUT2D eigenvalue weighted by molar-refractivity contribution is 4.91. The van der Waals surface area contributed by atoms with Crippen molar-refractivity contribution in [1.29, 1.82) is 0 Å². The molecular formula is C17H34. The molecule has 0 saturated heterocycles. The maximum absolute atomic E-state index is 2.55. The lowest BCUT2D eigenvalue weighted by molar-refractivity contribution is 0.0351. The molecular weight excluding hydrogens is 204 g/mol. The summed E-state index contributed by atoms with van der Waals surface area (Å²) in [6, 6.07) is 0. The zero-order chi connectivity index (χ0) is 13.3. The molecule has 102 valence electrons. The van der Waals surface area contributed by atoms with E-state index in [2.05, 4.69) is 48.5 Å². The average molecular weight is 238 g/mol. The molecule has 1 aliphatic carbocycles. The molecule has 0 aromatic rings. The smallest absolute Gasteiger partial charge is 0.0295 e. The molecule has 0 spiro atoms. The van der Waals surface area contributed by atoms with Gasteiger partial charge in [0.25, 0.3) is 0 Å². The largest absolute Gasteiger partial charge is 0.0649 e. The standard InChI is InChI=1S/C17H34/c1-8-17(7,13-15(2,3)4)14-10-9-11-16(5,6)12-14/h14H,8-13H2,1-7H3. The summed E-state index contributed by atoms with van der Waals surface area (Å²) in [4.78, 5) is 0. The van der Waals surface area contributed by atoms with Crippen LogP contribution in [0.4, 0.5) is 0 Å². The quantitative estimate of drug-likeness (QED) is 0.561. The van der Waals surface area contributed by atoms with Gasteiger partial charge < -0.3 is 0 Å². The van der Waals surface area contributed by atoms with E-state index in [0.29, 0.717) is 16.2 Å². The van der Waals surface area contributed by atoms with E-state index in [9.17, 15) is 0 Å². The van der Waals surface area contributed by atoms with E-state index in [1.165, 1.54) is 38.5 Å². The van der Waals surface area contributed by atoms with Gasteiger partial charge in [-0.3, -0.25) is 0 Å². The molecule has 17 heavy (non-hydrogen) atoms. The first-order valence-corrected chi connectivity index (χ1v) is 7.58. The van der Waals surface area contributed by atoms with E-state index in [-0.39, 0.29) is 0 Å². The fraction of sp³-hybridized carbons (Fsp3) is 1.00. The van der Waals surface area contributed by atoms with Gasteiger partial charge >= 0.3 is 0 Å². The summed E-state index contributed by atoms with van der Waals surface area (Å²) in [5.41, 5.74) is 1.60. The van der Waals surface area contributed by atoms with Gasteiger partial charge in [0.1, 0.15) is 0 Å². The number of rotatable bonds is 3. The van der Waals surface area contributed by atoms with Gasteiger partial charge in [0.2, 0.25) is 0 Å². The first-order chi connectivity index (χ1) is 7.58. The second kappa shape index (κ2) is 4.94. The van der Waals surface area contributed by atoms with Gasteiger partial charge in [-0.15, -0.1) is 0 Å². The molecule has 1 saturated carbocycles. The zero-order valence-electron chi connectivity index (χ0n) is 13.3. The summed E-state index contributed by atoms with van der Waals surface area (Å²) in [5.74, 6) is 0.940. The SMILES string of the molecule is CCC(C)(CC(C)(C)C)C1CCCC(C)(C)C1. The van der Waals surface area contributed by atoms with Crippen LogP contribution in [0.1, 0.15) is 87.0 Å². The molecule has 0 bridgehead atoms. The maximum Gasteiger partial charge on any atom is -0.0295 e. The topological polar surface area (TPSA) is 0 Å². The average Bonchev–Trinajstić information content (AvgIpc) is 2.13.